The molecule has 1 N–H and O–H groups in total. The molecule has 1 saturated carbocycles. The van der Waals surface area contributed by atoms with Crippen LogP contribution in [0.2, 0.25) is 0 Å². The van der Waals surface area contributed by atoms with E-state index in [4.69, 9.17) is 5.11 Å². The van der Waals surface area contributed by atoms with Crippen LogP contribution in [0.1, 0.15) is 48.0 Å². The lowest BCUT2D eigenvalue weighted by Gasteiger charge is -2.28. The summed E-state index contributed by atoms with van der Waals surface area (Å²) in [7, 11) is 2.10. The molecule has 0 heterocycles. The Morgan fingerprint density at radius 1 is 1.32 bits per heavy atom. The van der Waals surface area contributed by atoms with Gasteiger partial charge in [0, 0.05) is 19.3 Å². The molecule has 3 nitrogen and oxygen atoms in total. The third-order valence-corrected chi connectivity index (χ3v) is 4.14. The number of anilines is 1. The second kappa shape index (κ2) is 6.09. The van der Waals surface area contributed by atoms with Gasteiger partial charge in [0.2, 0.25) is 0 Å². The van der Waals surface area contributed by atoms with Gasteiger partial charge in [-0.2, -0.15) is 0 Å². The Morgan fingerprint density at radius 2 is 2.00 bits per heavy atom. The molecule has 1 aliphatic rings. The number of aromatic carboxylic acids is 1. The average molecular weight is 261 g/mol. The van der Waals surface area contributed by atoms with Gasteiger partial charge in [0.15, 0.2) is 0 Å². The zero-order chi connectivity index (χ0) is 13.8. The highest BCUT2D eigenvalue weighted by Gasteiger charge is 2.16. The Labute approximate surface area is 115 Å². The van der Waals surface area contributed by atoms with Crippen molar-refractivity contribution in [2.75, 3.05) is 18.5 Å². The summed E-state index contributed by atoms with van der Waals surface area (Å²) in [6.45, 7) is 2.94. The molecule has 0 atom stereocenters. The molecule has 104 valence electrons. The molecule has 0 saturated heterocycles. The molecule has 0 bridgehead atoms. The van der Waals surface area contributed by atoms with Gasteiger partial charge in [-0.25, -0.2) is 4.79 Å². The normalized spacial score (nSPS) is 16.3. The topological polar surface area (TPSA) is 40.5 Å². The van der Waals surface area contributed by atoms with E-state index in [-0.39, 0.29) is 0 Å². The van der Waals surface area contributed by atoms with Crippen molar-refractivity contribution >= 4 is 11.7 Å². The Bertz CT molecular complexity index is 450. The Kier molecular flexibility index (Phi) is 4.46. The molecule has 1 fully saturated rings. The number of carboxylic acid groups (broad SMARTS) is 1. The number of hydrogen-bond donors (Lipinski definition) is 1. The first-order valence-electron chi connectivity index (χ1n) is 7.13. The maximum atomic E-state index is 11.0. The second-order valence-electron chi connectivity index (χ2n) is 5.69. The van der Waals surface area contributed by atoms with Crippen molar-refractivity contribution in [1.29, 1.82) is 0 Å². The second-order valence-corrected chi connectivity index (χ2v) is 5.69. The highest BCUT2D eigenvalue weighted by Crippen LogP contribution is 2.26. The summed E-state index contributed by atoms with van der Waals surface area (Å²) in [5.74, 6) is -0.0582. The summed E-state index contributed by atoms with van der Waals surface area (Å²) < 4.78 is 0. The molecule has 0 aliphatic heterocycles. The zero-order valence-electron chi connectivity index (χ0n) is 11.9. The lowest BCUT2D eigenvalue weighted by atomic mass is 9.89. The zero-order valence-corrected chi connectivity index (χ0v) is 11.9. The molecule has 3 heteroatoms. The molecular weight excluding hydrogens is 238 g/mol. The molecule has 0 unspecified atom stereocenters. The number of carboxylic acids is 1. The predicted molar refractivity (Wildman–Crippen MR) is 78.0 cm³/mol. The van der Waals surface area contributed by atoms with Gasteiger partial charge in [-0.05, 0) is 49.4 Å². The summed E-state index contributed by atoms with van der Waals surface area (Å²) in [6, 6.07) is 5.61. The van der Waals surface area contributed by atoms with Gasteiger partial charge >= 0.3 is 5.97 Å². The van der Waals surface area contributed by atoms with Crippen LogP contribution in [0.5, 0.6) is 0 Å². The monoisotopic (exact) mass is 261 g/mol. The van der Waals surface area contributed by atoms with Crippen molar-refractivity contribution in [3.8, 4) is 0 Å². The summed E-state index contributed by atoms with van der Waals surface area (Å²) >= 11 is 0. The summed E-state index contributed by atoms with van der Waals surface area (Å²) in [4.78, 5) is 13.3. The van der Waals surface area contributed by atoms with Gasteiger partial charge in [0.1, 0.15) is 0 Å². The van der Waals surface area contributed by atoms with E-state index in [1.54, 1.807) is 6.07 Å². The molecule has 1 aliphatic carbocycles. The lowest BCUT2D eigenvalue weighted by molar-refractivity contribution is 0.0696. The summed E-state index contributed by atoms with van der Waals surface area (Å²) in [6.07, 6.45) is 6.75. The van der Waals surface area contributed by atoms with Crippen LogP contribution in [0.15, 0.2) is 18.2 Å². The van der Waals surface area contributed by atoms with Crippen LogP contribution in [0.25, 0.3) is 0 Å². The molecular formula is C16H23NO2. The Morgan fingerprint density at radius 3 is 2.58 bits per heavy atom. The minimum absolute atomic E-state index is 0.398. The number of rotatable bonds is 4. The minimum Gasteiger partial charge on any atom is -0.478 e. The third kappa shape index (κ3) is 3.49. The first-order chi connectivity index (χ1) is 9.08. The van der Waals surface area contributed by atoms with Crippen LogP contribution in [0.4, 0.5) is 5.69 Å². The molecule has 0 spiro atoms. The lowest BCUT2D eigenvalue weighted by Crippen LogP contribution is -2.26. The van der Waals surface area contributed by atoms with Crippen molar-refractivity contribution in [2.45, 2.75) is 39.0 Å². The Balaban J connectivity index is 2.04. The predicted octanol–water partition coefficient (Wildman–Crippen LogP) is 3.71. The summed E-state index contributed by atoms with van der Waals surface area (Å²) in [5.41, 5.74) is 2.35. The van der Waals surface area contributed by atoms with Crippen LogP contribution in [-0.2, 0) is 0 Å². The van der Waals surface area contributed by atoms with Crippen molar-refractivity contribution < 1.29 is 9.90 Å². The molecule has 19 heavy (non-hydrogen) atoms. The number of aryl methyl sites for hydroxylation is 1. The number of carbonyl (C=O) groups is 1. The molecule has 0 aromatic heterocycles. The standard InChI is InChI=1S/C16H23NO2/c1-12-10-14(8-9-15(12)16(18)19)17(2)11-13-6-4-3-5-7-13/h8-10,13H,3-7,11H2,1-2H3,(H,18,19). The van der Waals surface area contributed by atoms with Gasteiger partial charge < -0.3 is 10.0 Å². The van der Waals surface area contributed by atoms with Gasteiger partial charge in [0.25, 0.3) is 0 Å². The van der Waals surface area contributed by atoms with Crippen molar-refractivity contribution in [2.24, 2.45) is 5.92 Å². The van der Waals surface area contributed by atoms with Crippen molar-refractivity contribution in [3.63, 3.8) is 0 Å². The van der Waals surface area contributed by atoms with Crippen LogP contribution >= 0.6 is 0 Å². The van der Waals surface area contributed by atoms with E-state index in [1.807, 2.05) is 19.1 Å². The Hall–Kier alpha value is -1.51. The van der Waals surface area contributed by atoms with Gasteiger partial charge in [-0.15, -0.1) is 0 Å². The van der Waals surface area contributed by atoms with Gasteiger partial charge in [-0.3, -0.25) is 0 Å². The van der Waals surface area contributed by atoms with E-state index < -0.39 is 5.97 Å². The molecule has 1 aromatic carbocycles. The number of hydrogen-bond acceptors (Lipinski definition) is 2. The van der Waals surface area contributed by atoms with E-state index in [0.29, 0.717) is 5.56 Å². The molecule has 0 radical (unpaired) electrons. The maximum absolute atomic E-state index is 11.0. The SMILES string of the molecule is Cc1cc(N(C)CC2CCCCC2)ccc1C(=O)O. The fourth-order valence-corrected chi connectivity index (χ4v) is 2.99. The van der Waals surface area contributed by atoms with Crippen molar-refractivity contribution in [1.82, 2.24) is 0 Å². The fraction of sp³-hybridized carbons (Fsp3) is 0.562. The third-order valence-electron chi connectivity index (χ3n) is 4.14. The number of benzene rings is 1. The van der Waals surface area contributed by atoms with Gasteiger partial charge in [0.05, 0.1) is 5.56 Å². The van der Waals surface area contributed by atoms with E-state index in [1.165, 1.54) is 32.1 Å². The molecule has 2 rings (SSSR count). The van der Waals surface area contributed by atoms with E-state index >= 15 is 0 Å². The van der Waals surface area contributed by atoms with E-state index in [2.05, 4.69) is 11.9 Å². The van der Waals surface area contributed by atoms with Crippen LogP contribution in [0.3, 0.4) is 0 Å². The average Bonchev–Trinajstić information content (AvgIpc) is 2.39. The molecule has 0 amide bonds. The smallest absolute Gasteiger partial charge is 0.335 e. The first kappa shape index (κ1) is 13.9. The van der Waals surface area contributed by atoms with Crippen LogP contribution in [-0.4, -0.2) is 24.7 Å². The van der Waals surface area contributed by atoms with Crippen molar-refractivity contribution in [3.05, 3.63) is 29.3 Å². The summed E-state index contributed by atoms with van der Waals surface area (Å²) in [5, 5.41) is 9.04. The number of nitrogens with zero attached hydrogens (tertiary/aromatic N) is 1. The quantitative estimate of drug-likeness (QED) is 0.898. The van der Waals surface area contributed by atoms with E-state index in [0.717, 1.165) is 23.7 Å². The van der Waals surface area contributed by atoms with E-state index in [9.17, 15) is 4.79 Å². The van der Waals surface area contributed by atoms with Crippen LogP contribution < -0.4 is 4.90 Å². The van der Waals surface area contributed by atoms with Gasteiger partial charge in [-0.1, -0.05) is 19.3 Å². The minimum atomic E-state index is -0.848. The highest BCUT2D eigenvalue weighted by molar-refractivity contribution is 5.89. The maximum Gasteiger partial charge on any atom is 0.335 e. The first-order valence-corrected chi connectivity index (χ1v) is 7.13. The van der Waals surface area contributed by atoms with Crippen LogP contribution in [0, 0.1) is 12.8 Å². The molecule has 1 aromatic rings. The highest BCUT2D eigenvalue weighted by atomic mass is 16.4. The fourth-order valence-electron chi connectivity index (χ4n) is 2.99. The largest absolute Gasteiger partial charge is 0.478 e.